The Bertz CT molecular complexity index is 545. The standard InChI is InChI=1S/C11H7BrClN3O/c12-8-6-14-4-3-9(8)16-11(17)7-1-2-10(13)15-5-7/h1-6H,(H,14,16,17). The summed E-state index contributed by atoms with van der Waals surface area (Å²) in [6, 6.07) is 4.88. The lowest BCUT2D eigenvalue weighted by Crippen LogP contribution is -2.12. The first-order valence-electron chi connectivity index (χ1n) is 4.69. The summed E-state index contributed by atoms with van der Waals surface area (Å²) < 4.78 is 0.718. The minimum Gasteiger partial charge on any atom is -0.321 e. The summed E-state index contributed by atoms with van der Waals surface area (Å²) in [6.45, 7) is 0. The van der Waals surface area contributed by atoms with E-state index in [1.807, 2.05) is 0 Å². The van der Waals surface area contributed by atoms with Crippen LogP contribution in [0.2, 0.25) is 5.15 Å². The van der Waals surface area contributed by atoms with Gasteiger partial charge in [0.1, 0.15) is 5.15 Å². The van der Waals surface area contributed by atoms with Crippen molar-refractivity contribution in [3.05, 3.63) is 52.0 Å². The van der Waals surface area contributed by atoms with Crippen LogP contribution >= 0.6 is 27.5 Å². The lowest BCUT2D eigenvalue weighted by molar-refractivity contribution is 0.102. The van der Waals surface area contributed by atoms with Gasteiger partial charge < -0.3 is 5.32 Å². The maximum Gasteiger partial charge on any atom is 0.257 e. The minimum atomic E-state index is -0.249. The van der Waals surface area contributed by atoms with Crippen molar-refractivity contribution in [1.82, 2.24) is 9.97 Å². The number of halogens is 2. The third-order valence-electron chi connectivity index (χ3n) is 2.01. The fourth-order valence-electron chi connectivity index (χ4n) is 1.18. The Hall–Kier alpha value is -1.46. The van der Waals surface area contributed by atoms with Crippen LogP contribution < -0.4 is 5.32 Å². The molecule has 17 heavy (non-hydrogen) atoms. The van der Waals surface area contributed by atoms with Crippen LogP contribution in [0.25, 0.3) is 0 Å². The van der Waals surface area contributed by atoms with Gasteiger partial charge in [-0.05, 0) is 34.1 Å². The lowest BCUT2D eigenvalue weighted by Gasteiger charge is -2.06. The molecule has 0 radical (unpaired) electrons. The van der Waals surface area contributed by atoms with E-state index in [2.05, 4.69) is 31.2 Å². The topological polar surface area (TPSA) is 54.9 Å². The van der Waals surface area contributed by atoms with Crippen LogP contribution in [-0.2, 0) is 0 Å². The van der Waals surface area contributed by atoms with Gasteiger partial charge in [-0.1, -0.05) is 11.6 Å². The van der Waals surface area contributed by atoms with Gasteiger partial charge in [0, 0.05) is 18.6 Å². The predicted molar refractivity (Wildman–Crippen MR) is 69.1 cm³/mol. The summed E-state index contributed by atoms with van der Waals surface area (Å²) in [5, 5.41) is 3.09. The van der Waals surface area contributed by atoms with Gasteiger partial charge in [-0.2, -0.15) is 0 Å². The Morgan fingerprint density at radius 3 is 2.76 bits per heavy atom. The molecule has 0 aromatic carbocycles. The summed E-state index contributed by atoms with van der Waals surface area (Å²) in [7, 11) is 0. The molecule has 0 spiro atoms. The molecule has 6 heteroatoms. The number of amides is 1. The molecule has 2 aromatic rings. The van der Waals surface area contributed by atoms with Gasteiger partial charge >= 0.3 is 0 Å². The SMILES string of the molecule is O=C(Nc1ccncc1Br)c1ccc(Cl)nc1. The van der Waals surface area contributed by atoms with Crippen molar-refractivity contribution in [1.29, 1.82) is 0 Å². The van der Waals surface area contributed by atoms with E-state index >= 15 is 0 Å². The normalized spacial score (nSPS) is 10.0. The number of nitrogens with one attached hydrogen (secondary N) is 1. The average Bonchev–Trinajstić information content (AvgIpc) is 2.33. The fourth-order valence-corrected chi connectivity index (χ4v) is 1.64. The predicted octanol–water partition coefficient (Wildman–Crippen LogP) is 3.14. The maximum atomic E-state index is 11.8. The molecule has 2 rings (SSSR count). The molecule has 0 aliphatic heterocycles. The van der Waals surface area contributed by atoms with Crippen LogP contribution in [0, 0.1) is 0 Å². The van der Waals surface area contributed by atoms with Crippen LogP contribution in [-0.4, -0.2) is 15.9 Å². The zero-order valence-corrected chi connectivity index (χ0v) is 10.9. The number of aromatic nitrogens is 2. The number of nitrogens with zero attached hydrogens (tertiary/aromatic N) is 2. The highest BCUT2D eigenvalue weighted by Gasteiger charge is 2.08. The maximum absolute atomic E-state index is 11.8. The highest BCUT2D eigenvalue weighted by Crippen LogP contribution is 2.20. The highest BCUT2D eigenvalue weighted by molar-refractivity contribution is 9.10. The zero-order valence-electron chi connectivity index (χ0n) is 8.52. The Morgan fingerprint density at radius 1 is 1.29 bits per heavy atom. The molecule has 0 aliphatic rings. The monoisotopic (exact) mass is 311 g/mol. The molecular weight excluding hydrogens is 305 g/mol. The van der Waals surface area contributed by atoms with Crippen molar-refractivity contribution < 1.29 is 4.79 Å². The largest absolute Gasteiger partial charge is 0.321 e. The molecule has 1 N–H and O–H groups in total. The quantitative estimate of drug-likeness (QED) is 0.867. The third kappa shape index (κ3) is 3.01. The number of hydrogen-bond acceptors (Lipinski definition) is 3. The van der Waals surface area contributed by atoms with Gasteiger partial charge in [-0.15, -0.1) is 0 Å². The van der Waals surface area contributed by atoms with E-state index in [-0.39, 0.29) is 5.91 Å². The third-order valence-corrected chi connectivity index (χ3v) is 2.87. The van der Waals surface area contributed by atoms with E-state index in [0.29, 0.717) is 16.4 Å². The summed E-state index contributed by atoms with van der Waals surface area (Å²) >= 11 is 8.94. The Labute approximate surface area is 111 Å². The van der Waals surface area contributed by atoms with Crippen LogP contribution in [0.1, 0.15) is 10.4 Å². The molecular formula is C11H7BrClN3O. The number of anilines is 1. The molecule has 0 bridgehead atoms. The first-order valence-corrected chi connectivity index (χ1v) is 5.86. The first kappa shape index (κ1) is 12.0. The molecule has 0 unspecified atom stereocenters. The number of rotatable bonds is 2. The number of hydrogen-bond donors (Lipinski definition) is 1. The van der Waals surface area contributed by atoms with Gasteiger partial charge in [0.2, 0.25) is 0 Å². The Kier molecular flexibility index (Phi) is 3.71. The molecule has 0 saturated carbocycles. The van der Waals surface area contributed by atoms with Gasteiger partial charge in [0.05, 0.1) is 15.7 Å². The number of carbonyl (C=O) groups excluding carboxylic acids is 1. The fraction of sp³-hybridized carbons (Fsp3) is 0. The van der Waals surface area contributed by atoms with Crippen LogP contribution in [0.4, 0.5) is 5.69 Å². The first-order chi connectivity index (χ1) is 8.16. The van der Waals surface area contributed by atoms with E-state index in [4.69, 9.17) is 11.6 Å². The number of pyridine rings is 2. The minimum absolute atomic E-state index is 0.249. The van der Waals surface area contributed by atoms with E-state index in [9.17, 15) is 4.79 Å². The van der Waals surface area contributed by atoms with E-state index in [1.165, 1.54) is 6.20 Å². The second-order valence-electron chi connectivity index (χ2n) is 3.18. The second-order valence-corrected chi connectivity index (χ2v) is 4.42. The van der Waals surface area contributed by atoms with Crippen LogP contribution in [0.5, 0.6) is 0 Å². The average molecular weight is 313 g/mol. The number of carbonyl (C=O) groups is 1. The molecule has 0 atom stereocenters. The smallest absolute Gasteiger partial charge is 0.257 e. The van der Waals surface area contributed by atoms with Crippen LogP contribution in [0.15, 0.2) is 41.3 Å². The Balaban J connectivity index is 2.17. The van der Waals surface area contributed by atoms with Gasteiger partial charge in [0.25, 0.3) is 5.91 Å². The summed E-state index contributed by atoms with van der Waals surface area (Å²) in [5.74, 6) is -0.249. The van der Waals surface area contributed by atoms with E-state index in [0.717, 1.165) is 4.47 Å². The van der Waals surface area contributed by atoms with Crippen molar-refractivity contribution in [2.45, 2.75) is 0 Å². The second kappa shape index (κ2) is 5.25. The molecule has 4 nitrogen and oxygen atoms in total. The van der Waals surface area contributed by atoms with Gasteiger partial charge in [-0.25, -0.2) is 4.98 Å². The van der Waals surface area contributed by atoms with Crippen molar-refractivity contribution in [2.24, 2.45) is 0 Å². The van der Waals surface area contributed by atoms with Crippen molar-refractivity contribution in [2.75, 3.05) is 5.32 Å². The van der Waals surface area contributed by atoms with Crippen molar-refractivity contribution in [3.63, 3.8) is 0 Å². The lowest BCUT2D eigenvalue weighted by atomic mass is 10.2. The zero-order chi connectivity index (χ0) is 12.3. The molecule has 0 aliphatic carbocycles. The summed E-state index contributed by atoms with van der Waals surface area (Å²) in [6.07, 6.45) is 4.63. The molecule has 2 aromatic heterocycles. The molecule has 2 heterocycles. The highest BCUT2D eigenvalue weighted by atomic mass is 79.9. The van der Waals surface area contributed by atoms with Crippen molar-refractivity contribution in [3.8, 4) is 0 Å². The Morgan fingerprint density at radius 2 is 2.12 bits per heavy atom. The van der Waals surface area contributed by atoms with E-state index < -0.39 is 0 Å². The summed E-state index contributed by atoms with van der Waals surface area (Å²) in [4.78, 5) is 19.6. The molecule has 0 fully saturated rings. The molecule has 1 amide bonds. The van der Waals surface area contributed by atoms with Crippen molar-refractivity contribution >= 4 is 39.1 Å². The van der Waals surface area contributed by atoms with Gasteiger partial charge in [-0.3, -0.25) is 9.78 Å². The molecule has 0 saturated heterocycles. The summed E-state index contributed by atoms with van der Waals surface area (Å²) in [5.41, 5.74) is 1.10. The van der Waals surface area contributed by atoms with Crippen LogP contribution in [0.3, 0.4) is 0 Å². The van der Waals surface area contributed by atoms with Gasteiger partial charge in [0.15, 0.2) is 0 Å². The molecule has 86 valence electrons. The van der Waals surface area contributed by atoms with E-state index in [1.54, 1.807) is 30.6 Å².